The number of nitrogens with one attached hydrogen (secondary N) is 1. The monoisotopic (exact) mass is 330 g/mol. The normalized spacial score (nSPS) is 15.9. The maximum absolute atomic E-state index is 12.2. The van der Waals surface area contributed by atoms with E-state index in [1.54, 1.807) is 24.3 Å². The predicted molar refractivity (Wildman–Crippen MR) is 92.2 cm³/mol. The molecule has 5 heteroatoms. The molecule has 0 saturated carbocycles. The summed E-state index contributed by atoms with van der Waals surface area (Å²) in [6, 6.07) is 7.22. The maximum Gasteiger partial charge on any atom is 0.251 e. The summed E-state index contributed by atoms with van der Waals surface area (Å²) in [4.78, 5) is 36.8. The molecule has 130 valence electrons. The Labute approximate surface area is 143 Å². The van der Waals surface area contributed by atoms with Crippen LogP contribution in [0.25, 0.3) is 0 Å². The number of carbonyl (C=O) groups excluding carboxylic acids is 3. The lowest BCUT2D eigenvalue weighted by Crippen LogP contribution is -2.32. The van der Waals surface area contributed by atoms with E-state index >= 15 is 0 Å². The van der Waals surface area contributed by atoms with Gasteiger partial charge in [0.15, 0.2) is 0 Å². The van der Waals surface area contributed by atoms with Gasteiger partial charge in [0.25, 0.3) is 5.91 Å². The molecule has 1 aromatic rings. The third-order valence-electron chi connectivity index (χ3n) is 4.27. The van der Waals surface area contributed by atoms with Crippen LogP contribution < -0.4 is 5.32 Å². The van der Waals surface area contributed by atoms with Crippen LogP contribution in [-0.2, 0) is 16.1 Å². The second-order valence-electron chi connectivity index (χ2n) is 6.92. The summed E-state index contributed by atoms with van der Waals surface area (Å²) in [6.07, 6.45) is 2.64. The highest BCUT2D eigenvalue weighted by molar-refractivity contribution is 6.01. The number of rotatable bonds is 7. The Hall–Kier alpha value is -2.17. The van der Waals surface area contributed by atoms with Crippen molar-refractivity contribution in [3.63, 3.8) is 0 Å². The predicted octanol–water partition coefficient (Wildman–Crippen LogP) is 2.89. The first-order chi connectivity index (χ1) is 11.4. The minimum atomic E-state index is -0.124. The molecule has 1 aliphatic rings. The quantitative estimate of drug-likeness (QED) is 0.782. The number of carbonyl (C=O) groups is 3. The number of hydrogen-bond donors (Lipinski definition) is 1. The minimum absolute atomic E-state index is 0.0915. The molecule has 1 unspecified atom stereocenters. The maximum atomic E-state index is 12.2. The lowest BCUT2D eigenvalue weighted by atomic mass is 10.0. The van der Waals surface area contributed by atoms with Crippen molar-refractivity contribution < 1.29 is 14.4 Å². The van der Waals surface area contributed by atoms with Crippen molar-refractivity contribution in [1.82, 2.24) is 10.2 Å². The topological polar surface area (TPSA) is 66.5 Å². The Morgan fingerprint density at radius 1 is 1.04 bits per heavy atom. The molecule has 5 nitrogen and oxygen atoms in total. The van der Waals surface area contributed by atoms with Crippen molar-refractivity contribution in [1.29, 1.82) is 0 Å². The Bertz CT molecular complexity index is 592. The van der Waals surface area contributed by atoms with Gasteiger partial charge in [-0.3, -0.25) is 19.3 Å². The van der Waals surface area contributed by atoms with E-state index in [1.807, 2.05) is 6.92 Å². The number of likely N-dealkylation sites (tertiary alicyclic amines) is 1. The number of amides is 3. The molecule has 1 N–H and O–H groups in total. The van der Waals surface area contributed by atoms with Gasteiger partial charge in [-0.25, -0.2) is 0 Å². The number of imide groups is 1. The smallest absolute Gasteiger partial charge is 0.251 e. The first kappa shape index (κ1) is 18.2. The fourth-order valence-electron chi connectivity index (χ4n) is 2.71. The van der Waals surface area contributed by atoms with Crippen molar-refractivity contribution >= 4 is 17.7 Å². The highest BCUT2D eigenvalue weighted by atomic mass is 16.2. The second-order valence-corrected chi connectivity index (χ2v) is 6.92. The SMILES string of the molecule is CC(C)CCC(C)NC(=O)c1ccc(CN2C(=O)CCC2=O)cc1. The van der Waals surface area contributed by atoms with Gasteiger partial charge >= 0.3 is 0 Å². The molecule has 1 aliphatic heterocycles. The fraction of sp³-hybridized carbons (Fsp3) is 0.526. The van der Waals surface area contributed by atoms with E-state index in [-0.39, 0.29) is 30.3 Å². The zero-order chi connectivity index (χ0) is 17.7. The summed E-state index contributed by atoms with van der Waals surface area (Å²) < 4.78 is 0. The van der Waals surface area contributed by atoms with Crippen LogP contribution in [-0.4, -0.2) is 28.7 Å². The van der Waals surface area contributed by atoms with Crippen molar-refractivity contribution in [3.05, 3.63) is 35.4 Å². The molecular formula is C19H26N2O3. The summed E-state index contributed by atoms with van der Waals surface area (Å²) in [5, 5.41) is 3.00. The van der Waals surface area contributed by atoms with E-state index in [1.165, 1.54) is 4.90 Å². The van der Waals surface area contributed by atoms with Crippen molar-refractivity contribution in [2.45, 2.75) is 59.0 Å². The highest BCUT2D eigenvalue weighted by Gasteiger charge is 2.28. The molecule has 1 saturated heterocycles. The largest absolute Gasteiger partial charge is 0.350 e. The van der Waals surface area contributed by atoms with Gasteiger partial charge in [0.1, 0.15) is 0 Å². The molecule has 3 amide bonds. The first-order valence-corrected chi connectivity index (χ1v) is 8.60. The van der Waals surface area contributed by atoms with Crippen LogP contribution in [0, 0.1) is 5.92 Å². The molecule has 24 heavy (non-hydrogen) atoms. The lowest BCUT2D eigenvalue weighted by molar-refractivity contribution is -0.139. The van der Waals surface area contributed by atoms with Crippen LogP contribution in [0.5, 0.6) is 0 Å². The van der Waals surface area contributed by atoms with Crippen LogP contribution in [0.1, 0.15) is 62.4 Å². The second kappa shape index (κ2) is 8.08. The molecule has 1 aromatic carbocycles. The van der Waals surface area contributed by atoms with Crippen molar-refractivity contribution in [3.8, 4) is 0 Å². The van der Waals surface area contributed by atoms with Gasteiger partial charge in [-0.15, -0.1) is 0 Å². The van der Waals surface area contributed by atoms with Gasteiger partial charge in [-0.2, -0.15) is 0 Å². The average molecular weight is 330 g/mol. The Morgan fingerprint density at radius 3 is 2.17 bits per heavy atom. The molecule has 0 spiro atoms. The Kier molecular flexibility index (Phi) is 6.12. The zero-order valence-electron chi connectivity index (χ0n) is 14.7. The summed E-state index contributed by atoms with van der Waals surface area (Å²) in [5.41, 5.74) is 1.44. The standard InChI is InChI=1S/C19H26N2O3/c1-13(2)4-5-14(3)20-19(24)16-8-6-15(7-9-16)12-21-17(22)10-11-18(21)23/h6-9,13-14H,4-5,10-12H2,1-3H3,(H,20,24). The van der Waals surface area contributed by atoms with Gasteiger partial charge in [0.2, 0.25) is 11.8 Å². The van der Waals surface area contributed by atoms with Crippen LogP contribution >= 0.6 is 0 Å². The summed E-state index contributed by atoms with van der Waals surface area (Å²) >= 11 is 0. The third-order valence-corrected chi connectivity index (χ3v) is 4.27. The van der Waals surface area contributed by atoms with Crippen LogP contribution in [0.2, 0.25) is 0 Å². The van der Waals surface area contributed by atoms with Gasteiger partial charge in [0, 0.05) is 24.4 Å². The van der Waals surface area contributed by atoms with Crippen LogP contribution in [0.15, 0.2) is 24.3 Å². The third kappa shape index (κ3) is 4.91. The Morgan fingerprint density at radius 2 is 1.62 bits per heavy atom. The van der Waals surface area contributed by atoms with Crippen LogP contribution in [0.4, 0.5) is 0 Å². The van der Waals surface area contributed by atoms with E-state index in [9.17, 15) is 14.4 Å². The van der Waals surface area contributed by atoms with E-state index < -0.39 is 0 Å². The van der Waals surface area contributed by atoms with Gasteiger partial charge in [-0.05, 0) is 43.4 Å². The summed E-state index contributed by atoms with van der Waals surface area (Å²) in [5.74, 6) is 0.285. The summed E-state index contributed by atoms with van der Waals surface area (Å²) in [6.45, 7) is 6.63. The average Bonchev–Trinajstić information content (AvgIpc) is 2.85. The van der Waals surface area contributed by atoms with E-state index in [0.717, 1.165) is 18.4 Å². The molecular weight excluding hydrogens is 304 g/mol. The Balaban J connectivity index is 1.90. The van der Waals surface area contributed by atoms with E-state index in [4.69, 9.17) is 0 Å². The lowest BCUT2D eigenvalue weighted by Gasteiger charge is -2.16. The number of benzene rings is 1. The van der Waals surface area contributed by atoms with Gasteiger partial charge < -0.3 is 5.32 Å². The molecule has 0 aromatic heterocycles. The first-order valence-electron chi connectivity index (χ1n) is 8.60. The zero-order valence-corrected chi connectivity index (χ0v) is 14.7. The summed E-state index contributed by atoms with van der Waals surface area (Å²) in [7, 11) is 0. The van der Waals surface area contributed by atoms with Gasteiger partial charge in [-0.1, -0.05) is 26.0 Å². The number of hydrogen-bond acceptors (Lipinski definition) is 3. The minimum Gasteiger partial charge on any atom is -0.350 e. The molecule has 1 heterocycles. The van der Waals surface area contributed by atoms with Crippen molar-refractivity contribution in [2.24, 2.45) is 5.92 Å². The number of nitrogens with zero attached hydrogens (tertiary/aromatic N) is 1. The molecule has 0 radical (unpaired) electrons. The fourth-order valence-corrected chi connectivity index (χ4v) is 2.71. The molecule has 1 fully saturated rings. The molecule has 2 rings (SSSR count). The molecule has 0 aliphatic carbocycles. The van der Waals surface area contributed by atoms with E-state index in [2.05, 4.69) is 19.2 Å². The molecule has 0 bridgehead atoms. The van der Waals surface area contributed by atoms with Gasteiger partial charge in [0.05, 0.1) is 6.54 Å². The van der Waals surface area contributed by atoms with E-state index in [0.29, 0.717) is 24.3 Å². The highest BCUT2D eigenvalue weighted by Crippen LogP contribution is 2.16. The molecule has 1 atom stereocenters. The van der Waals surface area contributed by atoms with Crippen LogP contribution in [0.3, 0.4) is 0 Å². The van der Waals surface area contributed by atoms with Crippen molar-refractivity contribution in [2.75, 3.05) is 0 Å².